The number of ether oxygens (including phenoxy) is 3. The Morgan fingerprint density at radius 2 is 1.68 bits per heavy atom. The predicted molar refractivity (Wildman–Crippen MR) is 151 cm³/mol. The van der Waals surface area contributed by atoms with Crippen molar-refractivity contribution in [1.82, 2.24) is 9.80 Å². The van der Waals surface area contributed by atoms with Crippen LogP contribution in [0.15, 0.2) is 72.8 Å². The Bertz CT molecular complexity index is 1130. The summed E-state index contributed by atoms with van der Waals surface area (Å²) in [7, 11) is 1.65. The van der Waals surface area contributed by atoms with Gasteiger partial charge in [0, 0.05) is 38.3 Å². The number of amides is 1. The highest BCUT2D eigenvalue weighted by Crippen LogP contribution is 2.33. The minimum Gasteiger partial charge on any atom is -0.497 e. The Labute approximate surface area is 227 Å². The van der Waals surface area contributed by atoms with Crippen molar-refractivity contribution in [3.63, 3.8) is 0 Å². The summed E-state index contributed by atoms with van der Waals surface area (Å²) < 4.78 is 17.5. The molecule has 0 saturated heterocycles. The number of hydrogen-bond acceptors (Lipinski definition) is 5. The van der Waals surface area contributed by atoms with Gasteiger partial charge in [-0.2, -0.15) is 0 Å². The van der Waals surface area contributed by atoms with Gasteiger partial charge >= 0.3 is 0 Å². The van der Waals surface area contributed by atoms with E-state index in [1.165, 1.54) is 5.56 Å². The van der Waals surface area contributed by atoms with Crippen molar-refractivity contribution in [2.75, 3.05) is 40.0 Å². The molecule has 3 aromatic carbocycles. The standard InChI is InChI=1S/C32H40N2O4/c1-3-37-30-14-10-13-28-25-33(24-27-11-6-4-7-12-27)20-21-34(19-8-5-9-22-38-32(28)30)31(35)23-26-15-17-29(36-2)18-16-26/h4,6-7,10-18H,3,5,8-9,19-25H2,1-2H3. The van der Waals surface area contributed by atoms with Gasteiger partial charge in [-0.1, -0.05) is 54.6 Å². The van der Waals surface area contributed by atoms with Crippen LogP contribution >= 0.6 is 0 Å². The van der Waals surface area contributed by atoms with Crippen molar-refractivity contribution >= 4 is 5.91 Å². The highest BCUT2D eigenvalue weighted by atomic mass is 16.5. The molecule has 3 aromatic rings. The molecule has 0 unspecified atom stereocenters. The lowest BCUT2D eigenvalue weighted by Gasteiger charge is -2.29. The molecule has 1 heterocycles. The molecule has 6 heteroatoms. The number of para-hydroxylation sites is 1. The Morgan fingerprint density at radius 1 is 0.868 bits per heavy atom. The van der Waals surface area contributed by atoms with E-state index >= 15 is 0 Å². The number of rotatable bonds is 7. The first-order chi connectivity index (χ1) is 18.7. The maximum absolute atomic E-state index is 13.4. The van der Waals surface area contributed by atoms with Crippen molar-refractivity contribution < 1.29 is 19.0 Å². The van der Waals surface area contributed by atoms with E-state index in [1.54, 1.807) is 7.11 Å². The highest BCUT2D eigenvalue weighted by Gasteiger charge is 2.19. The Balaban J connectivity index is 1.55. The van der Waals surface area contributed by atoms with E-state index in [-0.39, 0.29) is 5.91 Å². The Morgan fingerprint density at radius 3 is 2.45 bits per heavy atom. The molecule has 4 rings (SSSR count). The summed E-state index contributed by atoms with van der Waals surface area (Å²) in [5.41, 5.74) is 3.37. The molecule has 202 valence electrons. The molecule has 0 aliphatic carbocycles. The molecule has 0 radical (unpaired) electrons. The molecule has 1 aliphatic rings. The summed E-state index contributed by atoms with van der Waals surface area (Å²) in [6, 6.07) is 24.4. The molecule has 0 aromatic heterocycles. The van der Waals surface area contributed by atoms with Gasteiger partial charge in [0.1, 0.15) is 5.75 Å². The second-order valence-electron chi connectivity index (χ2n) is 9.69. The summed E-state index contributed by atoms with van der Waals surface area (Å²) in [6.07, 6.45) is 3.29. The first-order valence-corrected chi connectivity index (χ1v) is 13.7. The average Bonchev–Trinajstić information content (AvgIpc) is 2.95. The quantitative estimate of drug-likeness (QED) is 0.401. The molecule has 1 amide bonds. The lowest BCUT2D eigenvalue weighted by Crippen LogP contribution is -2.39. The third-order valence-corrected chi connectivity index (χ3v) is 6.88. The minimum atomic E-state index is 0.167. The van der Waals surface area contributed by atoms with Crippen LogP contribution in [0.4, 0.5) is 0 Å². The van der Waals surface area contributed by atoms with Gasteiger partial charge in [-0.25, -0.2) is 0 Å². The fraction of sp³-hybridized carbons (Fsp3) is 0.406. The SMILES string of the molecule is CCOc1cccc2c1OCCCCCN(C(=O)Cc1ccc(OC)cc1)CCN(Cc1ccccc1)C2. The Hall–Kier alpha value is -3.51. The third-order valence-electron chi connectivity index (χ3n) is 6.88. The summed E-state index contributed by atoms with van der Waals surface area (Å²) in [5, 5.41) is 0. The van der Waals surface area contributed by atoms with Crippen molar-refractivity contribution in [3.8, 4) is 17.2 Å². The van der Waals surface area contributed by atoms with Gasteiger partial charge < -0.3 is 19.1 Å². The van der Waals surface area contributed by atoms with Gasteiger partial charge in [0.2, 0.25) is 5.91 Å². The Kier molecular flexibility index (Phi) is 10.5. The fourth-order valence-electron chi connectivity index (χ4n) is 4.82. The zero-order chi connectivity index (χ0) is 26.6. The first-order valence-electron chi connectivity index (χ1n) is 13.7. The van der Waals surface area contributed by atoms with Crippen molar-refractivity contribution in [3.05, 3.63) is 89.5 Å². The second-order valence-corrected chi connectivity index (χ2v) is 9.69. The van der Waals surface area contributed by atoms with Crippen LogP contribution in [0, 0.1) is 0 Å². The van der Waals surface area contributed by atoms with Crippen LogP contribution in [0.3, 0.4) is 0 Å². The number of methoxy groups -OCH3 is 1. The second kappa shape index (κ2) is 14.4. The largest absolute Gasteiger partial charge is 0.497 e. The lowest BCUT2D eigenvalue weighted by molar-refractivity contribution is -0.130. The smallest absolute Gasteiger partial charge is 0.227 e. The molecule has 0 spiro atoms. The number of fused-ring (bicyclic) bond motifs is 1. The molecular weight excluding hydrogens is 476 g/mol. The zero-order valence-corrected chi connectivity index (χ0v) is 22.7. The fourth-order valence-corrected chi connectivity index (χ4v) is 4.82. The van der Waals surface area contributed by atoms with Crippen molar-refractivity contribution in [1.29, 1.82) is 0 Å². The van der Waals surface area contributed by atoms with Crippen LogP contribution in [0.1, 0.15) is 42.9 Å². The maximum atomic E-state index is 13.4. The molecule has 0 N–H and O–H groups in total. The minimum absolute atomic E-state index is 0.167. The molecule has 0 fully saturated rings. The van der Waals surface area contributed by atoms with Gasteiger partial charge in [0.15, 0.2) is 11.5 Å². The number of hydrogen-bond donors (Lipinski definition) is 0. The van der Waals surface area contributed by atoms with Crippen LogP contribution in [0.2, 0.25) is 0 Å². The average molecular weight is 517 g/mol. The third kappa shape index (κ3) is 7.99. The first kappa shape index (κ1) is 27.5. The lowest BCUT2D eigenvalue weighted by atomic mass is 10.1. The maximum Gasteiger partial charge on any atom is 0.227 e. The molecule has 0 saturated carbocycles. The van der Waals surface area contributed by atoms with E-state index in [9.17, 15) is 4.79 Å². The van der Waals surface area contributed by atoms with E-state index in [1.807, 2.05) is 54.3 Å². The van der Waals surface area contributed by atoms with E-state index in [2.05, 4.69) is 35.2 Å². The topological polar surface area (TPSA) is 51.2 Å². The molecule has 1 aliphatic heterocycles. The van der Waals surface area contributed by atoms with Crippen molar-refractivity contribution in [2.24, 2.45) is 0 Å². The van der Waals surface area contributed by atoms with Crippen molar-refractivity contribution in [2.45, 2.75) is 45.7 Å². The molecule has 0 bridgehead atoms. The summed E-state index contributed by atoms with van der Waals surface area (Å²) in [6.45, 7) is 6.94. The van der Waals surface area contributed by atoms with E-state index in [4.69, 9.17) is 14.2 Å². The van der Waals surface area contributed by atoms with E-state index < -0.39 is 0 Å². The van der Waals surface area contributed by atoms with Gasteiger partial charge in [-0.15, -0.1) is 0 Å². The number of carbonyl (C=O) groups is 1. The van der Waals surface area contributed by atoms with E-state index in [0.717, 1.165) is 67.3 Å². The van der Waals surface area contributed by atoms with Gasteiger partial charge in [-0.05, 0) is 55.5 Å². The van der Waals surface area contributed by atoms with Gasteiger partial charge in [0.05, 0.1) is 26.7 Å². The molecule has 38 heavy (non-hydrogen) atoms. The zero-order valence-electron chi connectivity index (χ0n) is 22.7. The van der Waals surface area contributed by atoms with Gasteiger partial charge in [0.25, 0.3) is 0 Å². The normalized spacial score (nSPS) is 15.3. The number of carbonyl (C=O) groups excluding carboxylic acids is 1. The van der Waals surface area contributed by atoms with Crippen LogP contribution in [-0.2, 0) is 24.3 Å². The molecular formula is C32H40N2O4. The monoisotopic (exact) mass is 516 g/mol. The van der Waals surface area contributed by atoms with Gasteiger partial charge in [-0.3, -0.25) is 9.69 Å². The highest BCUT2D eigenvalue weighted by molar-refractivity contribution is 5.78. The molecule has 6 nitrogen and oxygen atoms in total. The van der Waals surface area contributed by atoms with E-state index in [0.29, 0.717) is 32.7 Å². The number of benzene rings is 3. The van der Waals surface area contributed by atoms with Crippen LogP contribution in [-0.4, -0.2) is 55.7 Å². The van der Waals surface area contributed by atoms with Crippen LogP contribution in [0.25, 0.3) is 0 Å². The predicted octanol–water partition coefficient (Wildman–Crippen LogP) is 5.73. The summed E-state index contributed by atoms with van der Waals surface area (Å²) in [4.78, 5) is 17.9. The summed E-state index contributed by atoms with van der Waals surface area (Å²) in [5.74, 6) is 2.62. The summed E-state index contributed by atoms with van der Waals surface area (Å²) >= 11 is 0. The number of nitrogens with zero attached hydrogens (tertiary/aromatic N) is 2. The van der Waals surface area contributed by atoms with Crippen LogP contribution in [0.5, 0.6) is 17.2 Å². The molecule has 0 atom stereocenters. The van der Waals surface area contributed by atoms with Crippen LogP contribution < -0.4 is 14.2 Å².